The van der Waals surface area contributed by atoms with Gasteiger partial charge in [-0.15, -0.1) is 0 Å². The van der Waals surface area contributed by atoms with Crippen molar-refractivity contribution in [2.45, 2.75) is 0 Å². The summed E-state index contributed by atoms with van der Waals surface area (Å²) >= 11 is 0. The number of nitrogens with zero attached hydrogens (tertiary/aromatic N) is 3. The number of carboxylic acid groups (broad SMARTS) is 1. The van der Waals surface area contributed by atoms with Crippen molar-refractivity contribution in [1.82, 2.24) is 14.4 Å². The maximum atomic E-state index is 11.0. The summed E-state index contributed by atoms with van der Waals surface area (Å²) in [5, 5.41) is 9.03. The molecule has 2 heterocycles. The van der Waals surface area contributed by atoms with E-state index < -0.39 is 5.97 Å². The molecule has 0 radical (unpaired) electrons. The van der Waals surface area contributed by atoms with Gasteiger partial charge in [-0.2, -0.15) is 0 Å². The molecule has 20 heavy (non-hydrogen) atoms. The summed E-state index contributed by atoms with van der Waals surface area (Å²) in [6, 6.07) is 7.46. The van der Waals surface area contributed by atoms with Gasteiger partial charge in [0.1, 0.15) is 17.7 Å². The molecular formula is C14H11N3O3. The van der Waals surface area contributed by atoms with Gasteiger partial charge in [0.05, 0.1) is 7.11 Å². The Labute approximate surface area is 114 Å². The highest BCUT2D eigenvalue weighted by Crippen LogP contribution is 2.31. The molecule has 0 aliphatic heterocycles. The van der Waals surface area contributed by atoms with Gasteiger partial charge < -0.3 is 9.84 Å². The van der Waals surface area contributed by atoms with Gasteiger partial charge in [0.2, 0.25) is 0 Å². The topological polar surface area (TPSA) is 76.7 Å². The van der Waals surface area contributed by atoms with Crippen LogP contribution in [0.2, 0.25) is 0 Å². The van der Waals surface area contributed by atoms with Gasteiger partial charge in [-0.3, -0.25) is 4.40 Å². The number of ether oxygens (including phenoxy) is 1. The fourth-order valence-corrected chi connectivity index (χ4v) is 2.08. The number of benzene rings is 1. The number of hydrogen-bond acceptors (Lipinski definition) is 4. The molecular weight excluding hydrogens is 258 g/mol. The highest BCUT2D eigenvalue weighted by atomic mass is 16.5. The number of aromatic nitrogens is 3. The maximum Gasteiger partial charge on any atom is 0.356 e. The summed E-state index contributed by atoms with van der Waals surface area (Å²) in [5.74, 6) is -0.387. The number of carboxylic acids is 1. The number of para-hydroxylation sites is 1. The van der Waals surface area contributed by atoms with Crippen molar-refractivity contribution >= 4 is 11.6 Å². The summed E-state index contributed by atoms with van der Waals surface area (Å²) in [6.45, 7) is 0. The standard InChI is InChI=1S/C14H11N3O3/c1-20-12-5-3-2-4-9(12)10-6-15-8-17-7-11(14(18)19)16-13(10)17/h2-8H,1H3,(H,18,19). The van der Waals surface area contributed by atoms with Crippen LogP contribution in [0.3, 0.4) is 0 Å². The summed E-state index contributed by atoms with van der Waals surface area (Å²) < 4.78 is 6.91. The van der Waals surface area contributed by atoms with E-state index in [0.29, 0.717) is 11.4 Å². The van der Waals surface area contributed by atoms with Crippen molar-refractivity contribution in [2.24, 2.45) is 0 Å². The first-order chi connectivity index (χ1) is 9.70. The fourth-order valence-electron chi connectivity index (χ4n) is 2.08. The molecule has 3 rings (SSSR count). The predicted octanol–water partition coefficient (Wildman–Crippen LogP) is 2.10. The minimum absolute atomic E-state index is 0.0193. The molecule has 100 valence electrons. The minimum atomic E-state index is -1.07. The first-order valence-corrected chi connectivity index (χ1v) is 5.90. The SMILES string of the molecule is COc1ccccc1-c1cncn2cc(C(=O)O)nc12. The van der Waals surface area contributed by atoms with Gasteiger partial charge in [0.15, 0.2) is 5.69 Å². The Morgan fingerprint density at radius 1 is 1.30 bits per heavy atom. The Kier molecular flexibility index (Phi) is 2.83. The lowest BCUT2D eigenvalue weighted by molar-refractivity contribution is 0.0691. The summed E-state index contributed by atoms with van der Waals surface area (Å²) in [4.78, 5) is 19.3. The van der Waals surface area contributed by atoms with E-state index in [1.54, 1.807) is 17.7 Å². The fraction of sp³-hybridized carbons (Fsp3) is 0.0714. The third-order valence-electron chi connectivity index (χ3n) is 2.98. The van der Waals surface area contributed by atoms with Crippen LogP contribution < -0.4 is 4.74 Å². The van der Waals surface area contributed by atoms with Gasteiger partial charge in [-0.25, -0.2) is 14.8 Å². The van der Waals surface area contributed by atoms with Crippen molar-refractivity contribution in [3.8, 4) is 16.9 Å². The highest BCUT2D eigenvalue weighted by Gasteiger charge is 2.14. The van der Waals surface area contributed by atoms with Crippen LogP contribution >= 0.6 is 0 Å². The summed E-state index contributed by atoms with van der Waals surface area (Å²) in [6.07, 6.45) is 4.60. The lowest BCUT2D eigenvalue weighted by atomic mass is 10.1. The molecule has 1 aromatic carbocycles. The molecule has 0 fully saturated rings. The monoisotopic (exact) mass is 269 g/mol. The number of carbonyl (C=O) groups is 1. The van der Waals surface area contributed by atoms with Crippen LogP contribution in [0.25, 0.3) is 16.8 Å². The van der Waals surface area contributed by atoms with E-state index in [2.05, 4.69) is 9.97 Å². The predicted molar refractivity (Wildman–Crippen MR) is 71.9 cm³/mol. The highest BCUT2D eigenvalue weighted by molar-refractivity contribution is 5.88. The minimum Gasteiger partial charge on any atom is -0.496 e. The van der Waals surface area contributed by atoms with Crippen LogP contribution in [0.1, 0.15) is 10.5 Å². The average Bonchev–Trinajstić information content (AvgIpc) is 2.91. The van der Waals surface area contributed by atoms with Crippen LogP contribution in [-0.2, 0) is 0 Å². The number of aromatic carboxylic acids is 1. The molecule has 3 aromatic rings. The number of fused-ring (bicyclic) bond motifs is 1. The van der Waals surface area contributed by atoms with Crippen LogP contribution in [0, 0.1) is 0 Å². The van der Waals surface area contributed by atoms with Crippen molar-refractivity contribution in [2.75, 3.05) is 7.11 Å². The van der Waals surface area contributed by atoms with E-state index in [4.69, 9.17) is 9.84 Å². The van der Waals surface area contributed by atoms with Crippen molar-refractivity contribution < 1.29 is 14.6 Å². The molecule has 0 atom stereocenters. The van der Waals surface area contributed by atoms with Gasteiger partial charge in [0.25, 0.3) is 0 Å². The van der Waals surface area contributed by atoms with Gasteiger partial charge in [0, 0.05) is 23.5 Å². The van der Waals surface area contributed by atoms with Crippen molar-refractivity contribution in [3.05, 3.63) is 48.7 Å². The lowest BCUT2D eigenvalue weighted by Crippen LogP contribution is -1.95. The van der Waals surface area contributed by atoms with Crippen molar-refractivity contribution in [3.63, 3.8) is 0 Å². The Morgan fingerprint density at radius 3 is 2.85 bits per heavy atom. The number of rotatable bonds is 3. The Bertz CT molecular complexity index is 795. The zero-order chi connectivity index (χ0) is 14.1. The average molecular weight is 269 g/mol. The Morgan fingerprint density at radius 2 is 2.10 bits per heavy atom. The smallest absolute Gasteiger partial charge is 0.356 e. The summed E-state index contributed by atoms with van der Waals surface area (Å²) in [5.41, 5.74) is 2.05. The zero-order valence-corrected chi connectivity index (χ0v) is 10.6. The van der Waals surface area contributed by atoms with E-state index in [1.807, 2.05) is 24.3 Å². The molecule has 0 saturated heterocycles. The molecule has 1 N–H and O–H groups in total. The third-order valence-corrected chi connectivity index (χ3v) is 2.98. The molecule has 0 bridgehead atoms. The molecule has 6 heteroatoms. The van der Waals surface area contributed by atoms with Crippen LogP contribution in [0.15, 0.2) is 43.0 Å². The second-order valence-electron chi connectivity index (χ2n) is 4.17. The van der Waals surface area contributed by atoms with Gasteiger partial charge >= 0.3 is 5.97 Å². The first kappa shape index (κ1) is 12.2. The third kappa shape index (κ3) is 1.87. The number of hydrogen-bond donors (Lipinski definition) is 1. The van der Waals surface area contributed by atoms with E-state index in [0.717, 1.165) is 11.1 Å². The molecule has 0 unspecified atom stereocenters. The molecule has 0 aliphatic carbocycles. The van der Waals surface area contributed by atoms with Crippen molar-refractivity contribution in [1.29, 1.82) is 0 Å². The Hall–Kier alpha value is -2.89. The van der Waals surface area contributed by atoms with Gasteiger partial charge in [-0.05, 0) is 6.07 Å². The summed E-state index contributed by atoms with van der Waals surface area (Å²) in [7, 11) is 1.58. The first-order valence-electron chi connectivity index (χ1n) is 5.90. The van der Waals surface area contributed by atoms with E-state index in [9.17, 15) is 4.79 Å². The second-order valence-corrected chi connectivity index (χ2v) is 4.17. The van der Waals surface area contributed by atoms with Crippen LogP contribution in [-0.4, -0.2) is 32.6 Å². The van der Waals surface area contributed by atoms with E-state index in [1.165, 1.54) is 12.5 Å². The number of methoxy groups -OCH3 is 1. The van der Waals surface area contributed by atoms with Crippen LogP contribution in [0.4, 0.5) is 0 Å². The maximum absolute atomic E-state index is 11.0. The Balaban J connectivity index is 2.28. The van der Waals surface area contributed by atoms with Crippen LogP contribution in [0.5, 0.6) is 5.75 Å². The van der Waals surface area contributed by atoms with Gasteiger partial charge in [-0.1, -0.05) is 18.2 Å². The normalized spacial score (nSPS) is 10.7. The van der Waals surface area contributed by atoms with E-state index >= 15 is 0 Å². The largest absolute Gasteiger partial charge is 0.496 e. The number of imidazole rings is 1. The molecule has 0 spiro atoms. The lowest BCUT2D eigenvalue weighted by Gasteiger charge is -2.08. The second kappa shape index (κ2) is 4.65. The molecule has 0 saturated carbocycles. The molecule has 2 aromatic heterocycles. The molecule has 6 nitrogen and oxygen atoms in total. The molecule has 0 aliphatic rings. The molecule has 0 amide bonds. The quantitative estimate of drug-likeness (QED) is 0.788. The van der Waals surface area contributed by atoms with E-state index in [-0.39, 0.29) is 5.69 Å². The zero-order valence-electron chi connectivity index (χ0n) is 10.6.